The van der Waals surface area contributed by atoms with E-state index in [0.29, 0.717) is 0 Å². The van der Waals surface area contributed by atoms with E-state index >= 15 is 0 Å². The summed E-state index contributed by atoms with van der Waals surface area (Å²) in [6.07, 6.45) is 0. The van der Waals surface area contributed by atoms with Crippen LogP contribution in [-0.4, -0.2) is 0 Å². The van der Waals surface area contributed by atoms with Gasteiger partial charge in [-0.3, -0.25) is 0 Å². The van der Waals surface area contributed by atoms with E-state index in [9.17, 15) is 0 Å². The highest BCUT2D eigenvalue weighted by Crippen LogP contribution is 2.42. The molecule has 0 aliphatic rings. The molecule has 4 heteroatoms. The molecule has 0 N–H and O–H groups in total. The molecular weight excluding hydrogens is 475 g/mol. The molecule has 0 fully saturated rings. The lowest BCUT2D eigenvalue weighted by Gasteiger charge is -2.13. The molecule has 0 bridgehead atoms. The van der Waals surface area contributed by atoms with Crippen LogP contribution in [-0.2, 0) is 0 Å². The summed E-state index contributed by atoms with van der Waals surface area (Å²) in [5, 5.41) is 0. The van der Waals surface area contributed by atoms with Crippen molar-refractivity contribution >= 4 is 65.8 Å². The van der Waals surface area contributed by atoms with Crippen LogP contribution >= 0.6 is 65.8 Å². The van der Waals surface area contributed by atoms with Gasteiger partial charge in [0.1, 0.15) is 0 Å². The second-order valence-electron chi connectivity index (χ2n) is 3.91. The number of alkyl halides is 1. The van der Waals surface area contributed by atoms with Crippen molar-refractivity contribution in [3.63, 3.8) is 0 Å². The van der Waals surface area contributed by atoms with Gasteiger partial charge in [-0.25, -0.2) is 0 Å². The van der Waals surface area contributed by atoms with Crippen molar-refractivity contribution in [1.29, 1.82) is 0 Å². The average molecular weight is 486 g/mol. The Hall–Kier alpha value is 0.610. The second kappa shape index (κ2) is 5.72. The molecule has 0 saturated heterocycles. The number of hydrogen-bond donors (Lipinski definition) is 0. The molecule has 1 heterocycles. The number of thiophene rings is 1. The number of rotatable bonds is 2. The topological polar surface area (TPSA) is 0 Å². The Morgan fingerprint density at radius 3 is 2.59 bits per heavy atom. The van der Waals surface area contributed by atoms with Gasteiger partial charge in [0.05, 0.1) is 4.83 Å². The maximum Gasteiger partial charge on any atom is 0.0759 e. The van der Waals surface area contributed by atoms with Crippen LogP contribution in [0.4, 0.5) is 0 Å². The lowest BCUT2D eigenvalue weighted by molar-refractivity contribution is 1.18. The fourth-order valence-corrected chi connectivity index (χ4v) is 5.87. The Balaban J connectivity index is 2.47. The number of hydrogen-bond acceptors (Lipinski definition) is 1. The Morgan fingerprint density at radius 1 is 1.29 bits per heavy atom. The molecule has 0 spiro atoms. The molecular formula is C13H11Br2IS. The van der Waals surface area contributed by atoms with Gasteiger partial charge in [-0.2, -0.15) is 0 Å². The minimum absolute atomic E-state index is 0.266. The quantitative estimate of drug-likeness (QED) is 0.350. The van der Waals surface area contributed by atoms with E-state index in [-0.39, 0.29) is 4.83 Å². The molecule has 0 saturated carbocycles. The molecule has 0 radical (unpaired) electrons. The first kappa shape index (κ1) is 14.0. The van der Waals surface area contributed by atoms with Crippen LogP contribution in [0.5, 0.6) is 0 Å². The fourth-order valence-electron chi connectivity index (χ4n) is 1.68. The molecule has 1 unspecified atom stereocenters. The van der Waals surface area contributed by atoms with E-state index in [2.05, 4.69) is 92.6 Å². The molecule has 0 nitrogen and oxygen atoms in total. The largest absolute Gasteiger partial charge is 0.143 e. The van der Waals surface area contributed by atoms with Crippen LogP contribution < -0.4 is 0 Å². The zero-order valence-electron chi connectivity index (χ0n) is 9.43. The van der Waals surface area contributed by atoms with Crippen LogP contribution in [0.1, 0.15) is 25.7 Å². The van der Waals surface area contributed by atoms with Crippen molar-refractivity contribution < 1.29 is 0 Å². The third kappa shape index (κ3) is 2.96. The summed E-state index contributed by atoms with van der Waals surface area (Å²) in [5.74, 6) is 0. The average Bonchev–Trinajstić information content (AvgIpc) is 2.61. The van der Waals surface area contributed by atoms with Gasteiger partial charge in [-0.1, -0.05) is 34.1 Å². The normalized spacial score (nSPS) is 12.8. The van der Waals surface area contributed by atoms with Gasteiger partial charge in [0.15, 0.2) is 0 Å². The Kier molecular flexibility index (Phi) is 4.72. The molecule has 1 aromatic heterocycles. The van der Waals surface area contributed by atoms with Gasteiger partial charge < -0.3 is 0 Å². The first-order valence-corrected chi connectivity index (χ1v) is 8.76. The highest BCUT2D eigenvalue weighted by Gasteiger charge is 2.18. The van der Waals surface area contributed by atoms with E-state index in [4.69, 9.17) is 0 Å². The summed E-state index contributed by atoms with van der Waals surface area (Å²) < 4.78 is 2.53. The van der Waals surface area contributed by atoms with Crippen LogP contribution in [0.2, 0.25) is 0 Å². The standard InChI is InChI=1S/C13H11Br2IS/c1-7-4-3-5-9(12(7)16)11(15)13-10(14)6-8(2)17-13/h3-6,11H,1-2H3. The summed E-state index contributed by atoms with van der Waals surface area (Å²) in [6.45, 7) is 4.29. The van der Waals surface area contributed by atoms with Crippen molar-refractivity contribution in [3.05, 3.63) is 53.2 Å². The van der Waals surface area contributed by atoms with Crippen molar-refractivity contribution in [2.45, 2.75) is 18.7 Å². The van der Waals surface area contributed by atoms with E-state index in [1.807, 2.05) is 11.3 Å². The van der Waals surface area contributed by atoms with Crippen molar-refractivity contribution in [1.82, 2.24) is 0 Å². The Bertz CT molecular complexity index is 548. The number of aryl methyl sites for hydroxylation is 2. The zero-order valence-corrected chi connectivity index (χ0v) is 15.6. The molecule has 0 aliphatic carbocycles. The molecule has 17 heavy (non-hydrogen) atoms. The highest BCUT2D eigenvalue weighted by atomic mass is 127. The maximum atomic E-state index is 3.82. The summed E-state index contributed by atoms with van der Waals surface area (Å²) in [4.78, 5) is 2.94. The summed E-state index contributed by atoms with van der Waals surface area (Å²) >= 11 is 11.7. The fraction of sp³-hybridized carbons (Fsp3) is 0.231. The molecule has 1 atom stereocenters. The van der Waals surface area contributed by atoms with Gasteiger partial charge in [0, 0.05) is 17.8 Å². The monoisotopic (exact) mass is 484 g/mol. The minimum Gasteiger partial charge on any atom is -0.143 e. The SMILES string of the molecule is Cc1cc(Br)c(C(Br)c2cccc(C)c2I)s1. The molecule has 90 valence electrons. The predicted molar refractivity (Wildman–Crippen MR) is 91.4 cm³/mol. The van der Waals surface area contributed by atoms with Crippen molar-refractivity contribution in [2.75, 3.05) is 0 Å². The molecule has 2 aromatic rings. The zero-order chi connectivity index (χ0) is 12.6. The molecule has 1 aromatic carbocycles. The van der Waals surface area contributed by atoms with Gasteiger partial charge in [-0.05, 0) is 69.6 Å². The first-order chi connectivity index (χ1) is 8.00. The van der Waals surface area contributed by atoms with Crippen LogP contribution in [0, 0.1) is 17.4 Å². The van der Waals surface area contributed by atoms with Crippen molar-refractivity contribution in [2.24, 2.45) is 0 Å². The maximum absolute atomic E-state index is 3.82. The molecule has 0 aliphatic heterocycles. The van der Waals surface area contributed by atoms with Crippen LogP contribution in [0.15, 0.2) is 28.7 Å². The summed E-state index contributed by atoms with van der Waals surface area (Å²) in [5.41, 5.74) is 2.67. The first-order valence-electron chi connectivity index (χ1n) is 5.15. The number of benzene rings is 1. The van der Waals surface area contributed by atoms with Gasteiger partial charge in [0.25, 0.3) is 0 Å². The predicted octanol–water partition coefficient (Wildman–Crippen LogP) is 6.22. The van der Waals surface area contributed by atoms with Crippen LogP contribution in [0.25, 0.3) is 0 Å². The van der Waals surface area contributed by atoms with Gasteiger partial charge in [0.2, 0.25) is 0 Å². The lowest BCUT2D eigenvalue weighted by atomic mass is 10.1. The molecule has 2 rings (SSSR count). The second-order valence-corrected chi connectivity index (χ2v) is 8.05. The minimum atomic E-state index is 0.266. The Labute approximate surface area is 136 Å². The Morgan fingerprint density at radius 2 is 2.00 bits per heavy atom. The highest BCUT2D eigenvalue weighted by molar-refractivity contribution is 14.1. The third-order valence-electron chi connectivity index (χ3n) is 2.56. The summed E-state index contributed by atoms with van der Waals surface area (Å²) in [7, 11) is 0. The summed E-state index contributed by atoms with van der Waals surface area (Å²) in [6, 6.07) is 8.64. The molecule has 0 amide bonds. The van der Waals surface area contributed by atoms with E-state index in [1.165, 1.54) is 28.9 Å². The lowest BCUT2D eigenvalue weighted by Crippen LogP contribution is -1.96. The van der Waals surface area contributed by atoms with Crippen LogP contribution in [0.3, 0.4) is 0 Å². The van der Waals surface area contributed by atoms with Gasteiger partial charge >= 0.3 is 0 Å². The third-order valence-corrected chi connectivity index (χ3v) is 7.32. The number of halogens is 3. The van der Waals surface area contributed by atoms with E-state index in [1.54, 1.807) is 0 Å². The van der Waals surface area contributed by atoms with Crippen molar-refractivity contribution in [3.8, 4) is 0 Å². The smallest absolute Gasteiger partial charge is 0.0759 e. The van der Waals surface area contributed by atoms with E-state index in [0.717, 1.165) is 0 Å². The van der Waals surface area contributed by atoms with Gasteiger partial charge in [-0.15, -0.1) is 11.3 Å². The van der Waals surface area contributed by atoms with E-state index < -0.39 is 0 Å².